The van der Waals surface area contributed by atoms with Gasteiger partial charge in [0.15, 0.2) is 0 Å². The van der Waals surface area contributed by atoms with Crippen LogP contribution in [0.15, 0.2) is 48.5 Å². The van der Waals surface area contributed by atoms with Crippen molar-refractivity contribution in [3.63, 3.8) is 0 Å². The second-order valence-electron chi connectivity index (χ2n) is 7.43. The van der Waals surface area contributed by atoms with Crippen LogP contribution in [0.25, 0.3) is 0 Å². The van der Waals surface area contributed by atoms with Gasteiger partial charge in [-0.2, -0.15) is 0 Å². The molecule has 0 spiro atoms. The average molecular weight is 398 g/mol. The molecule has 1 heterocycles. The number of aryl methyl sites for hydroxylation is 1. The van der Waals surface area contributed by atoms with E-state index in [2.05, 4.69) is 15.1 Å². The zero-order valence-electron chi connectivity index (χ0n) is 17.6. The van der Waals surface area contributed by atoms with Crippen LogP contribution in [-0.2, 0) is 4.79 Å². The minimum Gasteiger partial charge on any atom is -0.497 e. The van der Waals surface area contributed by atoms with Crippen LogP contribution < -0.4 is 14.8 Å². The molecule has 1 N–H and O–H groups in total. The summed E-state index contributed by atoms with van der Waals surface area (Å²) in [7, 11) is 1.66. The van der Waals surface area contributed by atoms with Crippen molar-refractivity contribution in [3.05, 3.63) is 54.1 Å². The molecule has 0 radical (unpaired) electrons. The van der Waals surface area contributed by atoms with Crippen LogP contribution in [-0.4, -0.2) is 68.2 Å². The van der Waals surface area contributed by atoms with Gasteiger partial charge in [-0.05, 0) is 50.2 Å². The van der Waals surface area contributed by atoms with Gasteiger partial charge in [-0.15, -0.1) is 0 Å². The van der Waals surface area contributed by atoms with E-state index >= 15 is 0 Å². The van der Waals surface area contributed by atoms with Crippen molar-refractivity contribution in [2.45, 2.75) is 19.9 Å². The molecule has 0 bridgehead atoms. The number of anilines is 1. The Morgan fingerprint density at radius 2 is 1.62 bits per heavy atom. The van der Waals surface area contributed by atoms with Gasteiger partial charge >= 0.3 is 0 Å². The van der Waals surface area contributed by atoms with Gasteiger partial charge in [0.25, 0.3) is 0 Å². The van der Waals surface area contributed by atoms with E-state index < -0.39 is 0 Å². The maximum atomic E-state index is 12.6. The number of nitrogens with zero attached hydrogens (tertiary/aromatic N) is 2. The number of ether oxygens (including phenoxy) is 2. The molecule has 1 aliphatic rings. The number of nitrogens with one attached hydrogen (secondary N) is 1. The van der Waals surface area contributed by atoms with E-state index in [0.29, 0.717) is 6.61 Å². The fourth-order valence-corrected chi connectivity index (χ4v) is 3.39. The van der Waals surface area contributed by atoms with Crippen molar-refractivity contribution in [3.8, 4) is 11.5 Å². The molecule has 1 aliphatic heterocycles. The van der Waals surface area contributed by atoms with Crippen molar-refractivity contribution < 1.29 is 14.3 Å². The van der Waals surface area contributed by atoms with E-state index in [-0.39, 0.29) is 11.9 Å². The predicted molar refractivity (Wildman–Crippen MR) is 116 cm³/mol. The van der Waals surface area contributed by atoms with E-state index in [1.807, 2.05) is 62.4 Å². The summed E-state index contributed by atoms with van der Waals surface area (Å²) in [6, 6.07) is 15.4. The van der Waals surface area contributed by atoms with E-state index in [4.69, 9.17) is 9.47 Å². The fourth-order valence-electron chi connectivity index (χ4n) is 3.39. The number of carbonyl (C=O) groups is 1. The number of methoxy groups -OCH3 is 1. The Balaban J connectivity index is 1.37. The lowest BCUT2D eigenvalue weighted by molar-refractivity contribution is -0.121. The number of hydrogen-bond donors (Lipinski definition) is 1. The molecule has 6 heteroatoms. The highest BCUT2D eigenvalue weighted by Crippen LogP contribution is 2.17. The highest BCUT2D eigenvalue weighted by molar-refractivity contribution is 5.94. The van der Waals surface area contributed by atoms with Gasteiger partial charge in [0.2, 0.25) is 5.91 Å². The van der Waals surface area contributed by atoms with Crippen molar-refractivity contribution in [1.82, 2.24) is 9.80 Å². The van der Waals surface area contributed by atoms with Crippen LogP contribution in [0, 0.1) is 6.92 Å². The molecule has 2 aromatic carbocycles. The molecule has 29 heavy (non-hydrogen) atoms. The second-order valence-corrected chi connectivity index (χ2v) is 7.43. The Kier molecular flexibility index (Phi) is 7.49. The molecule has 1 unspecified atom stereocenters. The van der Waals surface area contributed by atoms with Gasteiger partial charge in [-0.1, -0.05) is 17.7 Å². The van der Waals surface area contributed by atoms with Crippen molar-refractivity contribution in [2.24, 2.45) is 0 Å². The Morgan fingerprint density at radius 1 is 1.00 bits per heavy atom. The smallest absolute Gasteiger partial charge is 0.241 e. The van der Waals surface area contributed by atoms with Crippen LogP contribution in [0.4, 0.5) is 5.69 Å². The first-order valence-electron chi connectivity index (χ1n) is 10.2. The van der Waals surface area contributed by atoms with Crippen molar-refractivity contribution in [2.75, 3.05) is 51.8 Å². The first-order chi connectivity index (χ1) is 14.0. The normalized spacial score (nSPS) is 16.2. The third kappa shape index (κ3) is 6.21. The summed E-state index contributed by atoms with van der Waals surface area (Å²) >= 11 is 0. The zero-order chi connectivity index (χ0) is 20.6. The molecule has 1 atom stereocenters. The Morgan fingerprint density at radius 3 is 2.24 bits per heavy atom. The van der Waals surface area contributed by atoms with Crippen LogP contribution in [0.2, 0.25) is 0 Å². The summed E-state index contributed by atoms with van der Waals surface area (Å²) in [4.78, 5) is 17.2. The molecular formula is C23H31N3O3. The highest BCUT2D eigenvalue weighted by Gasteiger charge is 2.25. The zero-order valence-corrected chi connectivity index (χ0v) is 17.6. The highest BCUT2D eigenvalue weighted by atomic mass is 16.5. The summed E-state index contributed by atoms with van der Waals surface area (Å²) in [6.45, 7) is 9.18. The van der Waals surface area contributed by atoms with Gasteiger partial charge in [-0.25, -0.2) is 0 Å². The number of rotatable bonds is 8. The van der Waals surface area contributed by atoms with Gasteiger partial charge in [0, 0.05) is 38.4 Å². The number of benzene rings is 2. The molecule has 3 rings (SSSR count). The molecular weight excluding hydrogens is 366 g/mol. The van der Waals surface area contributed by atoms with Crippen molar-refractivity contribution >= 4 is 11.6 Å². The van der Waals surface area contributed by atoms with Gasteiger partial charge in [0.1, 0.15) is 18.1 Å². The minimum absolute atomic E-state index is 0.0464. The average Bonchev–Trinajstić information content (AvgIpc) is 2.76. The Hall–Kier alpha value is -2.57. The molecule has 1 amide bonds. The van der Waals surface area contributed by atoms with Crippen LogP contribution in [0.3, 0.4) is 0 Å². The maximum absolute atomic E-state index is 12.6. The van der Waals surface area contributed by atoms with Gasteiger partial charge < -0.3 is 14.8 Å². The Labute approximate surface area is 173 Å². The molecule has 0 saturated carbocycles. The maximum Gasteiger partial charge on any atom is 0.241 e. The lowest BCUT2D eigenvalue weighted by Crippen LogP contribution is -2.53. The Bertz CT molecular complexity index is 769. The molecule has 0 aromatic heterocycles. The molecule has 6 nitrogen and oxygen atoms in total. The molecule has 0 aliphatic carbocycles. The molecule has 1 saturated heterocycles. The summed E-state index contributed by atoms with van der Waals surface area (Å²) in [5.74, 6) is 1.73. The largest absolute Gasteiger partial charge is 0.497 e. The van der Waals surface area contributed by atoms with E-state index in [0.717, 1.165) is 49.9 Å². The van der Waals surface area contributed by atoms with E-state index in [1.54, 1.807) is 7.11 Å². The monoisotopic (exact) mass is 397 g/mol. The SMILES string of the molecule is COc1ccc(OCCN2CCN(C(C)C(=O)Nc3ccc(C)cc3)CC2)cc1. The topological polar surface area (TPSA) is 54.0 Å². The third-order valence-electron chi connectivity index (χ3n) is 5.39. The first kappa shape index (κ1) is 21.1. The fraction of sp³-hybridized carbons (Fsp3) is 0.435. The third-order valence-corrected chi connectivity index (χ3v) is 5.39. The molecule has 156 valence electrons. The summed E-state index contributed by atoms with van der Waals surface area (Å²) < 4.78 is 11.0. The second kappa shape index (κ2) is 10.3. The molecule has 1 fully saturated rings. The first-order valence-corrected chi connectivity index (χ1v) is 10.2. The lowest BCUT2D eigenvalue weighted by atomic mass is 10.2. The lowest BCUT2D eigenvalue weighted by Gasteiger charge is -2.37. The minimum atomic E-state index is -0.144. The van der Waals surface area contributed by atoms with Crippen molar-refractivity contribution in [1.29, 1.82) is 0 Å². The molecule has 2 aromatic rings. The quantitative estimate of drug-likeness (QED) is 0.742. The summed E-state index contributed by atoms with van der Waals surface area (Å²) in [5, 5.41) is 3.01. The number of piperazine rings is 1. The summed E-state index contributed by atoms with van der Waals surface area (Å²) in [6.07, 6.45) is 0. The number of hydrogen-bond acceptors (Lipinski definition) is 5. The van der Waals surface area contributed by atoms with E-state index in [1.165, 1.54) is 5.56 Å². The van der Waals surface area contributed by atoms with Gasteiger partial charge in [-0.3, -0.25) is 14.6 Å². The number of carbonyl (C=O) groups excluding carboxylic acids is 1. The van der Waals surface area contributed by atoms with Gasteiger partial charge in [0.05, 0.1) is 13.2 Å². The van der Waals surface area contributed by atoms with Crippen LogP contribution >= 0.6 is 0 Å². The van der Waals surface area contributed by atoms with E-state index in [9.17, 15) is 4.79 Å². The van der Waals surface area contributed by atoms with Crippen LogP contribution in [0.5, 0.6) is 11.5 Å². The standard InChI is InChI=1S/C23H31N3O3/c1-18-4-6-20(7-5-18)24-23(27)19(2)26-14-12-25(13-15-26)16-17-29-22-10-8-21(28-3)9-11-22/h4-11,19H,12-17H2,1-3H3,(H,24,27). The predicted octanol–water partition coefficient (Wildman–Crippen LogP) is 3.03. The van der Waals surface area contributed by atoms with Crippen LogP contribution in [0.1, 0.15) is 12.5 Å². The number of amides is 1. The summed E-state index contributed by atoms with van der Waals surface area (Å²) in [5.41, 5.74) is 2.03.